The summed E-state index contributed by atoms with van der Waals surface area (Å²) in [5, 5.41) is 8.94. The van der Waals surface area contributed by atoms with Gasteiger partial charge in [-0.3, -0.25) is 4.21 Å². The van der Waals surface area contributed by atoms with E-state index in [0.29, 0.717) is 16.2 Å². The number of hydrogen-bond acceptors (Lipinski definition) is 3. The Labute approximate surface area is 102 Å². The lowest BCUT2D eigenvalue weighted by atomic mass is 10.1. The highest BCUT2D eigenvalue weighted by molar-refractivity contribution is 7.99. The number of aryl methyl sites for hydroxylation is 1. The zero-order valence-corrected chi connectivity index (χ0v) is 10.9. The lowest BCUT2D eigenvalue weighted by Gasteiger charge is -2.05. The van der Waals surface area contributed by atoms with E-state index in [2.05, 4.69) is 0 Å². The average Bonchev–Trinajstić information content (AvgIpc) is 2.26. The van der Waals surface area contributed by atoms with Gasteiger partial charge in [0.15, 0.2) is 0 Å². The van der Waals surface area contributed by atoms with E-state index in [9.17, 15) is 9.00 Å². The Morgan fingerprint density at radius 2 is 2.19 bits per heavy atom. The Bertz CT molecular complexity index is 416. The van der Waals surface area contributed by atoms with Gasteiger partial charge in [-0.1, -0.05) is 6.07 Å². The third-order valence-corrected chi connectivity index (χ3v) is 4.40. The molecule has 1 aromatic carbocycles. The molecule has 0 radical (unpaired) electrons. The standard InChI is InChI=1S/C11H14O3S2/c1-8-3-4-9(7-10(8)11(12)13)16(14)6-5-15-2/h3-4,7H,5-6H2,1-2H3,(H,12,13). The Balaban J connectivity index is 2.94. The molecule has 1 unspecified atom stereocenters. The maximum atomic E-state index is 11.8. The van der Waals surface area contributed by atoms with Crippen molar-refractivity contribution in [2.24, 2.45) is 0 Å². The van der Waals surface area contributed by atoms with Crippen molar-refractivity contribution in [2.75, 3.05) is 17.8 Å². The van der Waals surface area contributed by atoms with Gasteiger partial charge in [-0.15, -0.1) is 0 Å². The van der Waals surface area contributed by atoms with Gasteiger partial charge in [0, 0.05) is 16.4 Å². The van der Waals surface area contributed by atoms with Crippen LogP contribution in [0.5, 0.6) is 0 Å². The second kappa shape index (κ2) is 6.06. The number of carboxylic acid groups (broad SMARTS) is 1. The van der Waals surface area contributed by atoms with E-state index >= 15 is 0 Å². The molecule has 3 nitrogen and oxygen atoms in total. The topological polar surface area (TPSA) is 54.4 Å². The highest BCUT2D eigenvalue weighted by atomic mass is 32.2. The molecule has 0 saturated carbocycles. The van der Waals surface area contributed by atoms with Crippen molar-refractivity contribution in [1.82, 2.24) is 0 Å². The van der Waals surface area contributed by atoms with E-state index in [0.717, 1.165) is 5.75 Å². The molecule has 1 N–H and O–H groups in total. The molecule has 0 fully saturated rings. The van der Waals surface area contributed by atoms with E-state index in [-0.39, 0.29) is 5.56 Å². The number of rotatable bonds is 5. The van der Waals surface area contributed by atoms with Crippen molar-refractivity contribution in [3.05, 3.63) is 29.3 Å². The summed E-state index contributed by atoms with van der Waals surface area (Å²) in [6, 6.07) is 4.95. The van der Waals surface area contributed by atoms with Crippen LogP contribution in [0.2, 0.25) is 0 Å². The summed E-state index contributed by atoms with van der Waals surface area (Å²) >= 11 is 1.63. The Morgan fingerprint density at radius 3 is 2.75 bits per heavy atom. The molecule has 0 spiro atoms. The summed E-state index contributed by atoms with van der Waals surface area (Å²) in [5.74, 6) is 0.396. The molecule has 0 aliphatic heterocycles. The van der Waals surface area contributed by atoms with Crippen LogP contribution in [0.15, 0.2) is 23.1 Å². The van der Waals surface area contributed by atoms with Gasteiger partial charge in [0.25, 0.3) is 0 Å². The van der Waals surface area contributed by atoms with Gasteiger partial charge in [0.05, 0.1) is 16.4 Å². The molecule has 1 atom stereocenters. The quantitative estimate of drug-likeness (QED) is 0.879. The molecule has 88 valence electrons. The van der Waals surface area contributed by atoms with Crippen molar-refractivity contribution in [3.63, 3.8) is 0 Å². The first kappa shape index (κ1) is 13.3. The van der Waals surface area contributed by atoms with E-state index in [4.69, 9.17) is 5.11 Å². The van der Waals surface area contributed by atoms with Gasteiger partial charge in [0.2, 0.25) is 0 Å². The van der Waals surface area contributed by atoms with Gasteiger partial charge in [-0.05, 0) is 30.9 Å². The Hall–Kier alpha value is -0.810. The molecular formula is C11H14O3S2. The van der Waals surface area contributed by atoms with Gasteiger partial charge in [0.1, 0.15) is 0 Å². The maximum absolute atomic E-state index is 11.8. The molecule has 0 aliphatic carbocycles. The van der Waals surface area contributed by atoms with Gasteiger partial charge < -0.3 is 5.11 Å². The zero-order valence-electron chi connectivity index (χ0n) is 9.23. The van der Waals surface area contributed by atoms with E-state index in [1.807, 2.05) is 6.26 Å². The number of thioether (sulfide) groups is 1. The lowest BCUT2D eigenvalue weighted by Crippen LogP contribution is -2.05. The second-order valence-corrected chi connectivity index (χ2v) is 5.88. The minimum absolute atomic E-state index is 0.231. The zero-order chi connectivity index (χ0) is 12.1. The van der Waals surface area contributed by atoms with E-state index in [1.54, 1.807) is 30.8 Å². The predicted molar refractivity (Wildman–Crippen MR) is 67.8 cm³/mol. The van der Waals surface area contributed by atoms with Crippen LogP contribution in [0.25, 0.3) is 0 Å². The molecule has 0 heterocycles. The highest BCUT2D eigenvalue weighted by Gasteiger charge is 2.10. The minimum atomic E-state index is -1.10. The molecule has 0 bridgehead atoms. The van der Waals surface area contributed by atoms with Crippen LogP contribution in [-0.2, 0) is 10.8 Å². The van der Waals surface area contributed by atoms with Crippen LogP contribution < -0.4 is 0 Å². The molecule has 5 heteroatoms. The van der Waals surface area contributed by atoms with Crippen molar-refractivity contribution in [2.45, 2.75) is 11.8 Å². The summed E-state index contributed by atoms with van der Waals surface area (Å²) in [4.78, 5) is 11.5. The van der Waals surface area contributed by atoms with Crippen molar-refractivity contribution in [1.29, 1.82) is 0 Å². The normalized spacial score (nSPS) is 12.4. The van der Waals surface area contributed by atoms with Crippen LogP contribution in [0.3, 0.4) is 0 Å². The molecular weight excluding hydrogens is 244 g/mol. The molecule has 1 rings (SSSR count). The van der Waals surface area contributed by atoms with Gasteiger partial charge in [-0.2, -0.15) is 11.8 Å². The molecule has 0 saturated heterocycles. The third-order valence-electron chi connectivity index (χ3n) is 2.18. The number of benzene rings is 1. The highest BCUT2D eigenvalue weighted by Crippen LogP contribution is 2.15. The summed E-state index contributed by atoms with van der Waals surface area (Å²) in [6.07, 6.45) is 1.95. The van der Waals surface area contributed by atoms with E-state index in [1.165, 1.54) is 6.07 Å². The lowest BCUT2D eigenvalue weighted by molar-refractivity contribution is 0.0696. The number of aromatic carboxylic acids is 1. The van der Waals surface area contributed by atoms with Gasteiger partial charge >= 0.3 is 5.97 Å². The molecule has 16 heavy (non-hydrogen) atoms. The van der Waals surface area contributed by atoms with Crippen LogP contribution in [0, 0.1) is 6.92 Å². The number of carboxylic acids is 1. The number of hydrogen-bond donors (Lipinski definition) is 1. The smallest absolute Gasteiger partial charge is 0.335 e. The summed E-state index contributed by atoms with van der Waals surface area (Å²) in [7, 11) is -1.10. The molecule has 1 aromatic rings. The minimum Gasteiger partial charge on any atom is -0.478 e. The largest absolute Gasteiger partial charge is 0.478 e. The van der Waals surface area contributed by atoms with Crippen LogP contribution in [-0.4, -0.2) is 33.0 Å². The monoisotopic (exact) mass is 258 g/mol. The van der Waals surface area contributed by atoms with Crippen molar-refractivity contribution < 1.29 is 14.1 Å². The first-order valence-corrected chi connectivity index (χ1v) is 7.48. The summed E-state index contributed by atoms with van der Waals surface area (Å²) in [6.45, 7) is 1.73. The second-order valence-electron chi connectivity index (χ2n) is 3.32. The Morgan fingerprint density at radius 1 is 1.50 bits per heavy atom. The maximum Gasteiger partial charge on any atom is 0.335 e. The van der Waals surface area contributed by atoms with Crippen LogP contribution in [0.1, 0.15) is 15.9 Å². The van der Waals surface area contributed by atoms with E-state index < -0.39 is 16.8 Å². The van der Waals surface area contributed by atoms with Crippen molar-refractivity contribution in [3.8, 4) is 0 Å². The predicted octanol–water partition coefficient (Wildman–Crippen LogP) is 2.16. The first-order valence-electron chi connectivity index (χ1n) is 4.77. The summed E-state index contributed by atoms with van der Waals surface area (Å²) < 4.78 is 11.8. The van der Waals surface area contributed by atoms with Crippen LogP contribution in [0.4, 0.5) is 0 Å². The number of carbonyl (C=O) groups is 1. The molecule has 0 aromatic heterocycles. The first-order chi connectivity index (χ1) is 7.56. The molecule has 0 aliphatic rings. The van der Waals surface area contributed by atoms with Gasteiger partial charge in [-0.25, -0.2) is 4.79 Å². The third kappa shape index (κ3) is 3.35. The van der Waals surface area contributed by atoms with Crippen molar-refractivity contribution >= 4 is 28.5 Å². The fourth-order valence-corrected chi connectivity index (χ4v) is 3.23. The summed E-state index contributed by atoms with van der Waals surface area (Å²) in [5.41, 5.74) is 0.924. The fraction of sp³-hybridized carbons (Fsp3) is 0.364. The molecule has 0 amide bonds. The Kier molecular flexibility index (Phi) is 5.02. The van der Waals surface area contributed by atoms with Crippen LogP contribution >= 0.6 is 11.8 Å². The SMILES string of the molecule is CSCCS(=O)c1ccc(C)c(C(=O)O)c1. The fourth-order valence-electron chi connectivity index (χ4n) is 1.25. The average molecular weight is 258 g/mol.